The molecule has 0 aliphatic carbocycles. The Balaban J connectivity index is 0.000000791. The van der Waals surface area contributed by atoms with Crippen LogP contribution >= 0.6 is 0 Å². The van der Waals surface area contributed by atoms with Gasteiger partial charge in [-0.05, 0) is 30.0 Å². The van der Waals surface area contributed by atoms with Gasteiger partial charge in [0.15, 0.2) is 0 Å². The number of hydrogen-bond acceptors (Lipinski definition) is 1. The van der Waals surface area contributed by atoms with Crippen LogP contribution in [0.5, 0.6) is 5.75 Å². The highest BCUT2D eigenvalue weighted by Crippen LogP contribution is 2.28. The van der Waals surface area contributed by atoms with E-state index in [9.17, 15) is 0 Å². The van der Waals surface area contributed by atoms with Crippen molar-refractivity contribution in [2.24, 2.45) is 0 Å². The van der Waals surface area contributed by atoms with Crippen LogP contribution in [0.4, 0.5) is 0 Å². The zero-order chi connectivity index (χ0) is 11.1. The number of methoxy groups -OCH3 is 1. The van der Waals surface area contributed by atoms with E-state index in [1.165, 1.54) is 11.1 Å². The lowest BCUT2D eigenvalue weighted by Gasteiger charge is -2.13. The van der Waals surface area contributed by atoms with E-state index in [2.05, 4.69) is 26.8 Å². The van der Waals surface area contributed by atoms with E-state index in [4.69, 9.17) is 4.74 Å². The van der Waals surface area contributed by atoms with Crippen LogP contribution in [0, 0.1) is 6.92 Å². The maximum Gasteiger partial charge on any atom is 0.122 e. The van der Waals surface area contributed by atoms with E-state index in [0.29, 0.717) is 5.92 Å². The summed E-state index contributed by atoms with van der Waals surface area (Å²) < 4.78 is 5.29. The first kappa shape index (κ1) is 13.0. The van der Waals surface area contributed by atoms with E-state index in [-0.39, 0.29) is 0 Å². The Morgan fingerprint density at radius 3 is 2.07 bits per heavy atom. The van der Waals surface area contributed by atoms with Crippen molar-refractivity contribution in [3.63, 3.8) is 0 Å². The highest BCUT2D eigenvalue weighted by Gasteiger charge is 2.08. The minimum Gasteiger partial charge on any atom is -0.496 e. The van der Waals surface area contributed by atoms with Gasteiger partial charge in [-0.3, -0.25) is 0 Å². The fraction of sp³-hybridized carbons (Fsp3) is 0.538. The van der Waals surface area contributed by atoms with Gasteiger partial charge in [0.05, 0.1) is 7.11 Å². The van der Waals surface area contributed by atoms with Crippen molar-refractivity contribution in [3.8, 4) is 5.75 Å². The van der Waals surface area contributed by atoms with E-state index in [0.717, 1.165) is 5.75 Å². The molecular weight excluding hydrogens is 172 g/mol. The second-order valence-electron chi connectivity index (χ2n) is 3.35. The molecule has 0 N–H and O–H groups in total. The third kappa shape index (κ3) is 3.06. The van der Waals surface area contributed by atoms with Gasteiger partial charge in [-0.1, -0.05) is 39.8 Å². The number of ether oxygens (including phenoxy) is 1. The fourth-order valence-electron chi connectivity index (χ4n) is 1.57. The Kier molecular flexibility index (Phi) is 6.02. The number of rotatable bonds is 2. The highest BCUT2D eigenvalue weighted by molar-refractivity contribution is 5.41. The molecule has 0 saturated carbocycles. The number of aryl methyl sites for hydroxylation is 1. The van der Waals surface area contributed by atoms with Gasteiger partial charge < -0.3 is 4.74 Å². The third-order valence-electron chi connectivity index (χ3n) is 2.08. The van der Waals surface area contributed by atoms with Crippen molar-refractivity contribution in [1.29, 1.82) is 0 Å². The summed E-state index contributed by atoms with van der Waals surface area (Å²) in [5.41, 5.74) is 2.63. The third-order valence-corrected chi connectivity index (χ3v) is 2.08. The minimum atomic E-state index is 0.529. The van der Waals surface area contributed by atoms with Crippen LogP contribution in [-0.4, -0.2) is 7.11 Å². The molecule has 0 amide bonds. The summed E-state index contributed by atoms with van der Waals surface area (Å²) in [6.45, 7) is 10.5. The average molecular weight is 194 g/mol. The van der Waals surface area contributed by atoms with Gasteiger partial charge in [0.25, 0.3) is 0 Å². The van der Waals surface area contributed by atoms with Crippen LogP contribution in [0.1, 0.15) is 44.7 Å². The van der Waals surface area contributed by atoms with Gasteiger partial charge in [0, 0.05) is 0 Å². The molecule has 0 aliphatic rings. The molecule has 1 heteroatoms. The Morgan fingerprint density at radius 1 is 1.14 bits per heavy atom. The highest BCUT2D eigenvalue weighted by atomic mass is 16.5. The largest absolute Gasteiger partial charge is 0.496 e. The van der Waals surface area contributed by atoms with Crippen molar-refractivity contribution in [2.75, 3.05) is 7.11 Å². The predicted molar refractivity (Wildman–Crippen MR) is 63.2 cm³/mol. The minimum absolute atomic E-state index is 0.529. The smallest absolute Gasteiger partial charge is 0.122 e. The summed E-state index contributed by atoms with van der Waals surface area (Å²) in [5, 5.41) is 0. The van der Waals surface area contributed by atoms with Crippen molar-refractivity contribution in [3.05, 3.63) is 29.3 Å². The van der Waals surface area contributed by atoms with Crippen LogP contribution in [0.3, 0.4) is 0 Å². The summed E-state index contributed by atoms with van der Waals surface area (Å²) in [7, 11) is 1.72. The van der Waals surface area contributed by atoms with Crippen LogP contribution in [0.25, 0.3) is 0 Å². The zero-order valence-corrected chi connectivity index (χ0v) is 10.2. The lowest BCUT2D eigenvalue weighted by atomic mass is 9.97. The first-order valence-corrected chi connectivity index (χ1v) is 5.30. The molecule has 0 radical (unpaired) electrons. The maximum absolute atomic E-state index is 5.29. The molecule has 0 spiro atoms. The lowest BCUT2D eigenvalue weighted by Crippen LogP contribution is -1.96. The Hall–Kier alpha value is -0.980. The van der Waals surface area contributed by atoms with Gasteiger partial charge in [-0.2, -0.15) is 0 Å². The zero-order valence-electron chi connectivity index (χ0n) is 10.2. The van der Waals surface area contributed by atoms with E-state index < -0.39 is 0 Å². The van der Waals surface area contributed by atoms with Crippen molar-refractivity contribution in [2.45, 2.75) is 40.5 Å². The van der Waals surface area contributed by atoms with Gasteiger partial charge in [-0.15, -0.1) is 0 Å². The molecule has 0 fully saturated rings. The topological polar surface area (TPSA) is 9.23 Å². The molecule has 1 rings (SSSR count). The van der Waals surface area contributed by atoms with Gasteiger partial charge >= 0.3 is 0 Å². The van der Waals surface area contributed by atoms with Crippen molar-refractivity contribution >= 4 is 0 Å². The normalized spacial score (nSPS) is 9.36. The number of benzene rings is 1. The van der Waals surface area contributed by atoms with Crippen LogP contribution in [-0.2, 0) is 0 Å². The average Bonchev–Trinajstić information content (AvgIpc) is 2.19. The predicted octanol–water partition coefficient (Wildman–Crippen LogP) is 4.15. The lowest BCUT2D eigenvalue weighted by molar-refractivity contribution is 0.407. The van der Waals surface area contributed by atoms with Crippen LogP contribution in [0.2, 0.25) is 0 Å². The summed E-state index contributed by atoms with van der Waals surface area (Å²) in [5.74, 6) is 1.53. The van der Waals surface area contributed by atoms with Gasteiger partial charge in [0.1, 0.15) is 5.75 Å². The molecule has 0 atom stereocenters. The molecule has 0 unspecified atom stereocenters. The Labute approximate surface area is 88.1 Å². The SMILES string of the molecule is CC.COc1cccc(C)c1C(C)C. The van der Waals surface area contributed by atoms with Crippen LogP contribution in [0.15, 0.2) is 18.2 Å². The second-order valence-corrected chi connectivity index (χ2v) is 3.35. The molecule has 14 heavy (non-hydrogen) atoms. The van der Waals surface area contributed by atoms with Gasteiger partial charge in [0.2, 0.25) is 0 Å². The molecule has 1 aromatic rings. The summed E-state index contributed by atoms with van der Waals surface area (Å²) in [4.78, 5) is 0. The molecule has 80 valence electrons. The first-order valence-electron chi connectivity index (χ1n) is 5.30. The Morgan fingerprint density at radius 2 is 1.71 bits per heavy atom. The molecular formula is C13H22O. The molecule has 0 aromatic heterocycles. The van der Waals surface area contributed by atoms with Crippen LogP contribution < -0.4 is 4.74 Å². The molecule has 1 aromatic carbocycles. The van der Waals surface area contributed by atoms with E-state index >= 15 is 0 Å². The van der Waals surface area contributed by atoms with Gasteiger partial charge in [-0.25, -0.2) is 0 Å². The monoisotopic (exact) mass is 194 g/mol. The summed E-state index contributed by atoms with van der Waals surface area (Å²) in [6, 6.07) is 6.17. The quantitative estimate of drug-likeness (QED) is 0.687. The molecule has 1 nitrogen and oxygen atoms in total. The summed E-state index contributed by atoms with van der Waals surface area (Å²) >= 11 is 0. The van der Waals surface area contributed by atoms with Crippen molar-refractivity contribution < 1.29 is 4.74 Å². The van der Waals surface area contributed by atoms with E-state index in [1.807, 2.05) is 26.0 Å². The summed E-state index contributed by atoms with van der Waals surface area (Å²) in [6.07, 6.45) is 0. The molecule has 0 saturated heterocycles. The molecule has 0 heterocycles. The first-order chi connectivity index (χ1) is 6.66. The van der Waals surface area contributed by atoms with Crippen molar-refractivity contribution in [1.82, 2.24) is 0 Å². The molecule has 0 bridgehead atoms. The maximum atomic E-state index is 5.29. The number of hydrogen-bond donors (Lipinski definition) is 0. The second kappa shape index (κ2) is 6.47. The van der Waals surface area contributed by atoms with E-state index in [1.54, 1.807) is 7.11 Å². The Bertz CT molecular complexity index is 264. The fourth-order valence-corrected chi connectivity index (χ4v) is 1.57. The molecule has 0 aliphatic heterocycles. The standard InChI is InChI=1S/C11H16O.C2H6/c1-8(2)11-9(3)6-5-7-10(11)12-4;1-2/h5-8H,1-4H3;1-2H3.